The van der Waals surface area contributed by atoms with E-state index in [2.05, 4.69) is 89.1 Å². The zero-order valence-electron chi connectivity index (χ0n) is 64.6. The number of aromatic hydroxyl groups is 2. The van der Waals surface area contributed by atoms with E-state index in [0.29, 0.717) is 11.1 Å². The smallest absolute Gasteiger partial charge is 0.326 e. The number of hydrogen-bond donors (Lipinski definition) is 23. The van der Waals surface area contributed by atoms with Gasteiger partial charge in [0.15, 0.2) is 5.96 Å². The molecule has 2 aromatic carbocycles. The molecule has 2 heterocycles. The number of carboxylic acids is 2. The molecule has 0 unspecified atom stereocenters. The number of aliphatic carboxylic acids is 2. The van der Waals surface area contributed by atoms with Crippen molar-refractivity contribution >= 4 is 94.7 Å². The maximum absolute atomic E-state index is 14.8. The molecular weight excluding hydrogens is 1470 g/mol. The van der Waals surface area contributed by atoms with Gasteiger partial charge in [0.25, 0.3) is 0 Å². The number of amides is 13. The first kappa shape index (κ1) is 93.1. The number of primary amides is 1. The lowest BCUT2D eigenvalue weighted by Crippen LogP contribution is -2.62. The van der Waals surface area contributed by atoms with Crippen LogP contribution in [-0.4, -0.2) is 221 Å². The van der Waals surface area contributed by atoms with Crippen molar-refractivity contribution in [1.82, 2.24) is 89.1 Å². The van der Waals surface area contributed by atoms with E-state index < -0.39 is 204 Å². The molecule has 13 atom stereocenters. The number of aromatic nitrogens is 4. The van der Waals surface area contributed by atoms with Crippen LogP contribution in [0.25, 0.3) is 0 Å². The summed E-state index contributed by atoms with van der Waals surface area (Å²) in [6.45, 7) is 13.7. The lowest BCUT2D eigenvalue weighted by Gasteiger charge is -2.31. The summed E-state index contributed by atoms with van der Waals surface area (Å²) >= 11 is 0. The number of nitrogens with one attached hydrogen (secondary N) is 16. The predicted octanol–water partition coefficient (Wildman–Crippen LogP) is -3.51. The van der Waals surface area contributed by atoms with Crippen LogP contribution in [0.1, 0.15) is 136 Å². The molecule has 0 aliphatic heterocycles. The molecule has 113 heavy (non-hydrogen) atoms. The van der Waals surface area contributed by atoms with Crippen LogP contribution in [0.4, 0.5) is 0 Å². The maximum Gasteiger partial charge on any atom is 0.326 e. The van der Waals surface area contributed by atoms with Gasteiger partial charge in [0, 0.05) is 57.5 Å². The molecule has 2 aromatic heterocycles. The van der Waals surface area contributed by atoms with Gasteiger partial charge < -0.3 is 117 Å². The molecule has 0 aliphatic rings. The first-order valence-corrected chi connectivity index (χ1v) is 36.9. The molecule has 0 aliphatic carbocycles. The van der Waals surface area contributed by atoms with Gasteiger partial charge in [-0.3, -0.25) is 72.5 Å². The summed E-state index contributed by atoms with van der Waals surface area (Å²) < 4.78 is 0. The summed E-state index contributed by atoms with van der Waals surface area (Å²) in [6.07, 6.45) is 3.06. The summed E-state index contributed by atoms with van der Waals surface area (Å²) in [5, 5.41) is 80.5. The molecular formula is C73H109N21O19. The number of imidazole rings is 2. The van der Waals surface area contributed by atoms with Crippen molar-refractivity contribution in [2.45, 2.75) is 212 Å². The number of rotatable bonds is 49. The fourth-order valence-electron chi connectivity index (χ4n) is 11.3. The molecule has 0 saturated carbocycles. The Morgan fingerprint density at radius 1 is 0.460 bits per heavy atom. The average Bonchev–Trinajstić information content (AvgIpc) is 0.993. The Morgan fingerprint density at radius 2 is 0.876 bits per heavy atom. The Balaban J connectivity index is 1.57. The van der Waals surface area contributed by atoms with Gasteiger partial charge in [-0.05, 0) is 98.1 Å². The molecule has 0 bridgehead atoms. The number of nitrogens with two attached hydrogens (primary N) is 3. The first-order chi connectivity index (χ1) is 53.2. The number of carboxylic acid groups (broad SMARTS) is 2. The number of carbonyl (C=O) groups is 15. The number of nitrogens with zero attached hydrogens (tertiary/aromatic N) is 2. The second kappa shape index (κ2) is 46.4. The first-order valence-electron chi connectivity index (χ1n) is 36.9. The third-order valence-electron chi connectivity index (χ3n) is 18.0. The van der Waals surface area contributed by atoms with E-state index >= 15 is 0 Å². The molecule has 0 radical (unpaired) electrons. The number of carbonyl (C=O) groups excluding carboxylic acids is 13. The van der Waals surface area contributed by atoms with Gasteiger partial charge in [-0.25, -0.2) is 14.8 Å². The minimum atomic E-state index is -1.61. The van der Waals surface area contributed by atoms with Crippen LogP contribution in [-0.2, 0) is 97.6 Å². The molecule has 0 spiro atoms. The van der Waals surface area contributed by atoms with Crippen molar-refractivity contribution in [3.05, 3.63) is 96.1 Å². The Kier molecular flexibility index (Phi) is 38.3. The third kappa shape index (κ3) is 33.1. The molecule has 40 nitrogen and oxygen atoms in total. The largest absolute Gasteiger partial charge is 0.508 e. The Hall–Kier alpha value is -12.3. The number of hydrogen-bond acceptors (Lipinski definition) is 21. The van der Waals surface area contributed by atoms with Crippen LogP contribution < -0.4 is 86.3 Å². The van der Waals surface area contributed by atoms with Crippen LogP contribution in [0.3, 0.4) is 0 Å². The van der Waals surface area contributed by atoms with Crippen LogP contribution >= 0.6 is 0 Å². The van der Waals surface area contributed by atoms with Gasteiger partial charge in [-0.15, -0.1) is 0 Å². The van der Waals surface area contributed by atoms with Gasteiger partial charge in [0.2, 0.25) is 76.8 Å². The standard InChI is InChI=1S/C73H109N21O19/c1-10-39(8)60(94-70(110)59(38(6)7)93-67(107)52(28-42-15-19-46(96)20-16-42)87-61(101)40(9)84-56(98)33-81-63(103)51(27-41-13-17-45(95)18-14-41)88-62(102)47(74)21-23-55(75)97)71(111)86-48(12-11-25-80-73(76)77)64(104)89-53(29-43-31-78-34-82-43)68(108)92-58(37(4)5)69(109)90-50(26-36(2)3)66(106)85-49(22-24-57(99)100)65(105)91-54(72(112)113)30-44-32-79-35-83-44/h13-20,31-32,34-40,47-54,58-60,95-96H,10-12,21-30,33,74H2,1-9H3,(H2,75,97)(H,78,82)(H,79,83)(H,81,103)(H,84,98)(H,85,106)(H,86,111)(H,87,101)(H,88,102)(H,89,104)(H,90,109)(H,91,105)(H,92,108)(H,93,107)(H,94,110)(H,99,100)(H,112,113)(H4,76,77,80)/t39-,40-,47-,48-,49-,50-,51-,52-,53-,54-,58-,59-,60-/m0/s1. The van der Waals surface area contributed by atoms with Crippen LogP contribution in [0.15, 0.2) is 73.6 Å². The van der Waals surface area contributed by atoms with Crippen molar-refractivity contribution < 1.29 is 92.3 Å². The number of H-pyrrole nitrogens is 2. The predicted molar refractivity (Wildman–Crippen MR) is 407 cm³/mol. The number of aromatic amines is 2. The molecule has 4 rings (SSSR count). The van der Waals surface area contributed by atoms with E-state index in [4.69, 9.17) is 22.6 Å². The van der Waals surface area contributed by atoms with E-state index in [9.17, 15) is 92.3 Å². The Labute approximate surface area is 652 Å². The second-order valence-corrected chi connectivity index (χ2v) is 28.5. The van der Waals surface area contributed by atoms with Gasteiger partial charge >= 0.3 is 11.9 Å². The van der Waals surface area contributed by atoms with E-state index in [0.717, 1.165) is 0 Å². The van der Waals surface area contributed by atoms with E-state index in [1.807, 2.05) is 0 Å². The highest BCUT2D eigenvalue weighted by atomic mass is 16.4. The number of guanidine groups is 1. The second-order valence-electron chi connectivity index (χ2n) is 28.5. The molecule has 40 heteroatoms. The molecule has 13 amide bonds. The maximum atomic E-state index is 14.8. The summed E-state index contributed by atoms with van der Waals surface area (Å²) in [5.74, 6) is -17.6. The summed E-state index contributed by atoms with van der Waals surface area (Å²) in [7, 11) is 0. The molecule has 620 valence electrons. The zero-order valence-corrected chi connectivity index (χ0v) is 64.6. The van der Waals surface area contributed by atoms with Gasteiger partial charge in [-0.1, -0.05) is 86.1 Å². The molecule has 26 N–H and O–H groups in total. The number of benzene rings is 2. The van der Waals surface area contributed by atoms with Crippen molar-refractivity contribution in [2.75, 3.05) is 13.1 Å². The van der Waals surface area contributed by atoms with E-state index in [1.165, 1.54) is 80.5 Å². The highest BCUT2D eigenvalue weighted by molar-refractivity contribution is 6.00. The third-order valence-corrected chi connectivity index (χ3v) is 18.0. The van der Waals surface area contributed by atoms with Gasteiger partial charge in [-0.2, -0.15) is 0 Å². The fourth-order valence-corrected chi connectivity index (χ4v) is 11.3. The Morgan fingerprint density at radius 3 is 1.35 bits per heavy atom. The van der Waals surface area contributed by atoms with E-state index in [-0.39, 0.29) is 99.6 Å². The highest BCUT2D eigenvalue weighted by Crippen LogP contribution is 2.18. The van der Waals surface area contributed by atoms with Crippen LogP contribution in [0.5, 0.6) is 11.5 Å². The Bertz CT molecular complexity index is 3880. The summed E-state index contributed by atoms with van der Waals surface area (Å²) in [6, 6.07) is -6.18. The molecule has 0 saturated heterocycles. The normalized spacial score (nSPS) is 14.6. The lowest BCUT2D eigenvalue weighted by atomic mass is 9.95. The number of phenols is 2. The summed E-state index contributed by atoms with van der Waals surface area (Å²) in [4.78, 5) is 219. The van der Waals surface area contributed by atoms with Crippen molar-refractivity contribution in [2.24, 2.45) is 40.9 Å². The van der Waals surface area contributed by atoms with Crippen molar-refractivity contribution in [1.29, 1.82) is 5.41 Å². The topological polar surface area (TPSA) is 653 Å². The van der Waals surface area contributed by atoms with Gasteiger partial charge in [0.1, 0.15) is 78.0 Å². The van der Waals surface area contributed by atoms with Crippen molar-refractivity contribution in [3.8, 4) is 11.5 Å². The van der Waals surface area contributed by atoms with Crippen LogP contribution in [0.2, 0.25) is 0 Å². The van der Waals surface area contributed by atoms with Crippen molar-refractivity contribution in [3.63, 3.8) is 0 Å². The molecule has 0 fully saturated rings. The lowest BCUT2D eigenvalue weighted by molar-refractivity contribution is -0.143. The van der Waals surface area contributed by atoms with E-state index in [1.54, 1.807) is 55.4 Å². The summed E-state index contributed by atoms with van der Waals surface area (Å²) in [5.41, 5.74) is 18.1. The number of phenolic OH excluding ortho intramolecular Hbond substituents is 2. The fraction of sp³-hybridized carbons (Fsp3) is 0.534. The zero-order chi connectivity index (χ0) is 84.3. The minimum Gasteiger partial charge on any atom is -0.508 e. The average molecular weight is 1580 g/mol. The highest BCUT2D eigenvalue weighted by Gasteiger charge is 2.39. The SMILES string of the molecule is CC[C@H](C)[C@H](NC(=O)[C@@H](NC(=O)[C@H](Cc1ccc(O)cc1)NC(=O)[C@H](C)NC(=O)CNC(=O)[C@H](Cc1ccc(O)cc1)NC(=O)[C@@H](N)CCC(N)=O)C(C)C)C(=O)N[C@@H](CCCNC(=N)N)C(=O)N[C@@H](Cc1c[nH]cn1)C(=O)N[C@H](C(=O)N[C@@H](CC(C)C)C(=O)N[C@@H](CCC(=O)O)C(=O)N[C@@H](Cc1c[nH]cn1)C(=O)O)C(C)C. The van der Waals surface area contributed by atoms with Crippen LogP contribution in [0, 0.1) is 29.1 Å². The minimum absolute atomic E-state index is 0.0123. The monoisotopic (exact) mass is 1580 g/mol. The quantitative estimate of drug-likeness (QED) is 0.0116. The van der Waals surface area contributed by atoms with Gasteiger partial charge in [0.05, 0.1) is 36.6 Å². The molecule has 4 aromatic rings.